The number of halogens is 1. The van der Waals surface area contributed by atoms with Crippen LogP contribution in [-0.4, -0.2) is 39.1 Å². The molecule has 2 rings (SSSR count). The highest BCUT2D eigenvalue weighted by molar-refractivity contribution is 6.30. The van der Waals surface area contributed by atoms with E-state index < -0.39 is 0 Å². The van der Waals surface area contributed by atoms with E-state index in [1.54, 1.807) is 6.92 Å². The van der Waals surface area contributed by atoms with Gasteiger partial charge in [0.25, 0.3) is 0 Å². The largest absolute Gasteiger partial charge is 0.392 e. The molecule has 17 heavy (non-hydrogen) atoms. The molecule has 2 heterocycles. The van der Waals surface area contributed by atoms with Gasteiger partial charge in [-0.2, -0.15) is 0 Å². The van der Waals surface area contributed by atoms with Crippen molar-refractivity contribution in [1.29, 1.82) is 0 Å². The maximum absolute atomic E-state index is 9.29. The van der Waals surface area contributed by atoms with E-state index in [1.807, 2.05) is 40.9 Å². The summed E-state index contributed by atoms with van der Waals surface area (Å²) in [7, 11) is 1.96. The molecule has 0 aliphatic heterocycles. The Morgan fingerprint density at radius 1 is 1.47 bits per heavy atom. The molecule has 0 saturated heterocycles. The molecule has 0 aliphatic rings. The number of aromatic nitrogens is 2. The smallest absolute Gasteiger partial charge is 0.137 e. The lowest BCUT2D eigenvalue weighted by molar-refractivity contribution is 0.138. The van der Waals surface area contributed by atoms with Crippen molar-refractivity contribution < 1.29 is 5.11 Å². The Morgan fingerprint density at radius 2 is 2.24 bits per heavy atom. The molecule has 2 aromatic rings. The van der Waals surface area contributed by atoms with Crippen LogP contribution in [0.25, 0.3) is 5.65 Å². The standard InChI is InChI=1S/C12H16ClN3O/c1-9(17)5-15(2)7-11-8-16-6-10(13)3-4-12(16)14-11/h3-4,6,8-9,17H,5,7H2,1-2H3. The molecular formula is C12H16ClN3O. The van der Waals surface area contributed by atoms with Crippen molar-refractivity contribution in [3.8, 4) is 0 Å². The first kappa shape index (κ1) is 12.4. The van der Waals surface area contributed by atoms with Crippen LogP contribution in [0.2, 0.25) is 5.02 Å². The monoisotopic (exact) mass is 253 g/mol. The number of fused-ring (bicyclic) bond motifs is 1. The van der Waals surface area contributed by atoms with Gasteiger partial charge >= 0.3 is 0 Å². The van der Waals surface area contributed by atoms with Crippen LogP contribution in [0.3, 0.4) is 0 Å². The van der Waals surface area contributed by atoms with Crippen LogP contribution in [-0.2, 0) is 6.54 Å². The van der Waals surface area contributed by atoms with Gasteiger partial charge < -0.3 is 9.51 Å². The first-order valence-corrected chi connectivity index (χ1v) is 5.92. The molecule has 1 atom stereocenters. The molecule has 0 aromatic carbocycles. The fourth-order valence-electron chi connectivity index (χ4n) is 1.89. The Balaban J connectivity index is 2.14. The van der Waals surface area contributed by atoms with Gasteiger partial charge in [0.2, 0.25) is 0 Å². The zero-order valence-electron chi connectivity index (χ0n) is 9.97. The van der Waals surface area contributed by atoms with Crippen LogP contribution in [0.4, 0.5) is 0 Å². The Kier molecular flexibility index (Phi) is 3.66. The number of pyridine rings is 1. The Hall–Kier alpha value is -1.10. The Labute approximate surface area is 105 Å². The van der Waals surface area contributed by atoms with Gasteiger partial charge in [0.1, 0.15) is 5.65 Å². The molecule has 1 N–H and O–H groups in total. The normalized spacial score (nSPS) is 13.5. The van der Waals surface area contributed by atoms with Gasteiger partial charge in [-0.05, 0) is 26.1 Å². The summed E-state index contributed by atoms with van der Waals surface area (Å²) in [6.07, 6.45) is 3.47. The first-order valence-electron chi connectivity index (χ1n) is 5.54. The first-order chi connectivity index (χ1) is 8.04. The van der Waals surface area contributed by atoms with Crippen LogP contribution in [0.1, 0.15) is 12.6 Å². The zero-order chi connectivity index (χ0) is 12.4. The van der Waals surface area contributed by atoms with E-state index in [9.17, 15) is 5.11 Å². The van der Waals surface area contributed by atoms with Gasteiger partial charge in [-0.25, -0.2) is 4.98 Å². The van der Waals surface area contributed by atoms with E-state index in [0.717, 1.165) is 11.3 Å². The average molecular weight is 254 g/mol. The fraction of sp³-hybridized carbons (Fsp3) is 0.417. The number of likely N-dealkylation sites (N-methyl/N-ethyl adjacent to an activating group) is 1. The summed E-state index contributed by atoms with van der Waals surface area (Å²) >= 11 is 5.91. The second-order valence-corrected chi connectivity index (χ2v) is 4.83. The highest BCUT2D eigenvalue weighted by Gasteiger charge is 2.07. The lowest BCUT2D eigenvalue weighted by Gasteiger charge is -2.16. The van der Waals surface area contributed by atoms with Crippen LogP contribution < -0.4 is 0 Å². The third-order valence-corrected chi connectivity index (χ3v) is 2.70. The van der Waals surface area contributed by atoms with Gasteiger partial charge in [0.15, 0.2) is 0 Å². The summed E-state index contributed by atoms with van der Waals surface area (Å²) in [5.74, 6) is 0. The molecule has 0 bridgehead atoms. The molecule has 0 aliphatic carbocycles. The number of rotatable bonds is 4. The van der Waals surface area contributed by atoms with Crippen molar-refractivity contribution >= 4 is 17.2 Å². The van der Waals surface area contributed by atoms with Gasteiger partial charge in [0, 0.05) is 25.5 Å². The molecule has 5 heteroatoms. The third-order valence-electron chi connectivity index (χ3n) is 2.47. The molecule has 0 amide bonds. The highest BCUT2D eigenvalue weighted by Crippen LogP contribution is 2.12. The topological polar surface area (TPSA) is 40.8 Å². The second kappa shape index (κ2) is 5.04. The lowest BCUT2D eigenvalue weighted by Crippen LogP contribution is -2.26. The Bertz CT molecular complexity index is 509. The quantitative estimate of drug-likeness (QED) is 0.903. The molecule has 1 unspecified atom stereocenters. The minimum absolute atomic E-state index is 0.327. The van der Waals surface area contributed by atoms with E-state index in [-0.39, 0.29) is 6.10 Å². The summed E-state index contributed by atoms with van der Waals surface area (Å²) in [5, 5.41) is 9.99. The van der Waals surface area contributed by atoms with Crippen molar-refractivity contribution in [2.24, 2.45) is 0 Å². The van der Waals surface area contributed by atoms with Gasteiger partial charge in [-0.15, -0.1) is 0 Å². The summed E-state index contributed by atoms with van der Waals surface area (Å²) in [6.45, 7) is 3.12. The minimum Gasteiger partial charge on any atom is -0.392 e. The number of aliphatic hydroxyl groups is 1. The lowest BCUT2D eigenvalue weighted by atomic mass is 10.3. The highest BCUT2D eigenvalue weighted by atomic mass is 35.5. The number of imidazole rings is 1. The number of hydrogen-bond acceptors (Lipinski definition) is 3. The summed E-state index contributed by atoms with van der Waals surface area (Å²) in [5.41, 5.74) is 1.85. The van der Waals surface area contributed by atoms with Gasteiger partial charge in [0.05, 0.1) is 16.8 Å². The third kappa shape index (κ3) is 3.19. The predicted molar refractivity (Wildman–Crippen MR) is 68.2 cm³/mol. The van der Waals surface area contributed by atoms with Crippen molar-refractivity contribution in [2.45, 2.75) is 19.6 Å². The molecule has 0 radical (unpaired) electrons. The van der Waals surface area contributed by atoms with Crippen molar-refractivity contribution in [2.75, 3.05) is 13.6 Å². The Morgan fingerprint density at radius 3 is 2.94 bits per heavy atom. The van der Waals surface area contributed by atoms with E-state index in [1.165, 1.54) is 0 Å². The predicted octanol–water partition coefficient (Wildman–Crippen LogP) is 1.80. The maximum Gasteiger partial charge on any atom is 0.137 e. The second-order valence-electron chi connectivity index (χ2n) is 4.39. The molecular weight excluding hydrogens is 238 g/mol. The van der Waals surface area contributed by atoms with Crippen LogP contribution >= 0.6 is 11.6 Å². The summed E-state index contributed by atoms with van der Waals surface area (Å²) in [4.78, 5) is 6.52. The summed E-state index contributed by atoms with van der Waals surface area (Å²) < 4.78 is 1.91. The zero-order valence-corrected chi connectivity index (χ0v) is 10.7. The van der Waals surface area contributed by atoms with Gasteiger partial charge in [-0.1, -0.05) is 11.6 Å². The van der Waals surface area contributed by atoms with E-state index >= 15 is 0 Å². The van der Waals surface area contributed by atoms with E-state index in [4.69, 9.17) is 11.6 Å². The van der Waals surface area contributed by atoms with E-state index in [2.05, 4.69) is 4.98 Å². The molecule has 92 valence electrons. The van der Waals surface area contributed by atoms with E-state index in [0.29, 0.717) is 18.1 Å². The number of nitrogens with zero attached hydrogens (tertiary/aromatic N) is 3. The molecule has 0 saturated carbocycles. The SMILES string of the molecule is CC(O)CN(C)Cc1cn2cc(Cl)ccc2n1. The molecule has 2 aromatic heterocycles. The van der Waals surface area contributed by atoms with Crippen LogP contribution in [0.5, 0.6) is 0 Å². The molecule has 4 nitrogen and oxygen atoms in total. The van der Waals surface area contributed by atoms with Crippen LogP contribution in [0.15, 0.2) is 24.5 Å². The maximum atomic E-state index is 9.29. The average Bonchev–Trinajstić information content (AvgIpc) is 2.57. The molecule has 0 spiro atoms. The minimum atomic E-state index is -0.327. The summed E-state index contributed by atoms with van der Waals surface area (Å²) in [6, 6.07) is 3.72. The number of aliphatic hydroxyl groups excluding tert-OH is 1. The van der Waals surface area contributed by atoms with Crippen molar-refractivity contribution in [3.63, 3.8) is 0 Å². The fourth-order valence-corrected chi connectivity index (χ4v) is 2.05. The number of hydrogen-bond donors (Lipinski definition) is 1. The van der Waals surface area contributed by atoms with Gasteiger partial charge in [-0.3, -0.25) is 4.90 Å². The van der Waals surface area contributed by atoms with Crippen molar-refractivity contribution in [1.82, 2.24) is 14.3 Å². The molecule has 0 fully saturated rings. The van der Waals surface area contributed by atoms with Crippen molar-refractivity contribution in [3.05, 3.63) is 35.2 Å². The van der Waals surface area contributed by atoms with Crippen LogP contribution in [0, 0.1) is 0 Å².